The number of ether oxygens (including phenoxy) is 1. The quantitative estimate of drug-likeness (QED) is 0.479. The van der Waals surface area contributed by atoms with Crippen molar-refractivity contribution in [3.05, 3.63) is 82.6 Å². The summed E-state index contributed by atoms with van der Waals surface area (Å²) in [4.78, 5) is 30.1. The molecule has 1 N–H and O–H groups in total. The molecule has 1 fully saturated rings. The summed E-state index contributed by atoms with van der Waals surface area (Å²) in [6.45, 7) is 0. The summed E-state index contributed by atoms with van der Waals surface area (Å²) < 4.78 is 5.31. The molecule has 4 rings (SSSR count). The van der Waals surface area contributed by atoms with Crippen molar-refractivity contribution >= 4 is 28.8 Å². The fraction of sp³-hybridized carbons (Fsp3) is 0.333. The molecule has 1 aliphatic rings. The first-order chi connectivity index (χ1) is 16.2. The Balaban J connectivity index is 1.72. The number of carbonyl (C=O) groups excluding carboxylic acids is 2. The van der Waals surface area contributed by atoms with Gasteiger partial charge >= 0.3 is 0 Å². The minimum Gasteiger partial charge on any atom is -0.497 e. The highest BCUT2D eigenvalue weighted by Crippen LogP contribution is 2.31. The molecule has 33 heavy (non-hydrogen) atoms. The first-order valence-electron chi connectivity index (χ1n) is 11.5. The monoisotopic (exact) mass is 462 g/mol. The molecule has 2 aromatic carbocycles. The number of hydrogen-bond donors (Lipinski definition) is 1. The van der Waals surface area contributed by atoms with Crippen LogP contribution in [0, 0.1) is 0 Å². The number of thiophene rings is 1. The lowest BCUT2D eigenvalue weighted by Gasteiger charge is -2.33. The largest absolute Gasteiger partial charge is 0.497 e. The van der Waals surface area contributed by atoms with Gasteiger partial charge < -0.3 is 10.1 Å². The molecule has 2 amide bonds. The number of carbonyl (C=O) groups is 2. The van der Waals surface area contributed by atoms with E-state index in [-0.39, 0.29) is 24.3 Å². The van der Waals surface area contributed by atoms with Gasteiger partial charge in [-0.25, -0.2) is 0 Å². The van der Waals surface area contributed by atoms with Crippen LogP contribution >= 0.6 is 11.3 Å². The molecule has 0 saturated heterocycles. The molecule has 3 aromatic rings. The third-order valence-corrected chi connectivity index (χ3v) is 6.97. The maximum Gasteiger partial charge on any atom is 0.248 e. The average Bonchev–Trinajstić information content (AvgIpc) is 3.36. The number of anilines is 1. The van der Waals surface area contributed by atoms with Crippen LogP contribution in [0.2, 0.25) is 0 Å². The molecule has 1 aliphatic carbocycles. The fourth-order valence-electron chi connectivity index (χ4n) is 4.40. The summed E-state index contributed by atoms with van der Waals surface area (Å²) in [5.74, 6) is 0.458. The smallest absolute Gasteiger partial charge is 0.248 e. The van der Waals surface area contributed by atoms with Gasteiger partial charge in [-0.3, -0.25) is 14.5 Å². The van der Waals surface area contributed by atoms with E-state index in [1.165, 1.54) is 6.42 Å². The average molecular weight is 463 g/mol. The Labute approximate surface area is 199 Å². The van der Waals surface area contributed by atoms with Crippen LogP contribution in [0.4, 0.5) is 5.69 Å². The van der Waals surface area contributed by atoms with Crippen LogP contribution in [0.15, 0.2) is 72.1 Å². The standard InChI is InChI=1S/C27H30N2O3S/c1-32-23-16-14-20(15-17-23)26(27(31)28-21-9-4-2-5-10-21)29(22-11-6-3-7-12-22)25(30)19-24-13-8-18-33-24/h3,6-8,11-18,21,26H,2,4-5,9-10,19H2,1H3,(H,28,31)/t26-/m1/s1. The van der Waals surface area contributed by atoms with Crippen molar-refractivity contribution in [2.24, 2.45) is 0 Å². The van der Waals surface area contributed by atoms with Crippen LogP contribution in [-0.2, 0) is 16.0 Å². The van der Waals surface area contributed by atoms with Gasteiger partial charge in [0.2, 0.25) is 11.8 Å². The Bertz CT molecular complexity index is 1030. The van der Waals surface area contributed by atoms with Crippen molar-refractivity contribution in [2.45, 2.75) is 50.6 Å². The lowest BCUT2D eigenvalue weighted by atomic mass is 9.94. The third-order valence-electron chi connectivity index (χ3n) is 6.10. The number of hydrogen-bond acceptors (Lipinski definition) is 4. The molecule has 1 heterocycles. The van der Waals surface area contributed by atoms with E-state index in [9.17, 15) is 9.59 Å². The second-order valence-corrected chi connectivity index (χ2v) is 9.41. The second-order valence-electron chi connectivity index (χ2n) is 8.37. The lowest BCUT2D eigenvalue weighted by Crippen LogP contribution is -2.47. The number of para-hydroxylation sites is 1. The maximum absolute atomic E-state index is 13.8. The summed E-state index contributed by atoms with van der Waals surface area (Å²) in [5, 5.41) is 5.21. The first kappa shape index (κ1) is 23.1. The van der Waals surface area contributed by atoms with Gasteiger partial charge in [-0.15, -0.1) is 11.3 Å². The molecule has 6 heteroatoms. The summed E-state index contributed by atoms with van der Waals surface area (Å²) in [5.41, 5.74) is 1.46. The zero-order valence-corrected chi connectivity index (χ0v) is 19.7. The van der Waals surface area contributed by atoms with E-state index in [1.807, 2.05) is 72.1 Å². The van der Waals surface area contributed by atoms with Gasteiger partial charge in [0.1, 0.15) is 11.8 Å². The SMILES string of the molecule is COc1ccc([C@H](C(=O)NC2CCCCC2)N(C(=O)Cc2cccs2)c2ccccc2)cc1. The van der Waals surface area contributed by atoms with E-state index >= 15 is 0 Å². The second kappa shape index (κ2) is 11.1. The predicted molar refractivity (Wildman–Crippen MR) is 133 cm³/mol. The van der Waals surface area contributed by atoms with Gasteiger partial charge in [-0.05, 0) is 54.1 Å². The summed E-state index contributed by atoms with van der Waals surface area (Å²) >= 11 is 1.55. The normalized spacial score (nSPS) is 14.9. The van der Waals surface area contributed by atoms with Crippen molar-refractivity contribution in [1.29, 1.82) is 0 Å². The molecular weight excluding hydrogens is 432 g/mol. The van der Waals surface area contributed by atoms with Crippen molar-refractivity contribution in [2.75, 3.05) is 12.0 Å². The van der Waals surface area contributed by atoms with Gasteiger partial charge in [0, 0.05) is 16.6 Å². The number of nitrogens with one attached hydrogen (secondary N) is 1. The fourth-order valence-corrected chi connectivity index (χ4v) is 5.10. The molecule has 1 saturated carbocycles. The Morgan fingerprint density at radius 2 is 1.73 bits per heavy atom. The van der Waals surface area contributed by atoms with E-state index < -0.39 is 6.04 Å². The van der Waals surface area contributed by atoms with E-state index in [2.05, 4.69) is 5.32 Å². The highest BCUT2D eigenvalue weighted by Gasteiger charge is 2.34. The van der Waals surface area contributed by atoms with Gasteiger partial charge in [-0.1, -0.05) is 55.7 Å². The summed E-state index contributed by atoms with van der Waals surface area (Å²) in [6, 6.07) is 20.2. The van der Waals surface area contributed by atoms with Gasteiger partial charge in [0.25, 0.3) is 0 Å². The van der Waals surface area contributed by atoms with E-state index in [0.717, 1.165) is 36.1 Å². The van der Waals surface area contributed by atoms with Crippen molar-refractivity contribution in [3.8, 4) is 5.75 Å². The summed E-state index contributed by atoms with van der Waals surface area (Å²) in [7, 11) is 1.61. The minimum absolute atomic E-state index is 0.108. The Morgan fingerprint density at radius 1 is 1.00 bits per heavy atom. The predicted octanol–water partition coefficient (Wildman–Crippen LogP) is 5.52. The topological polar surface area (TPSA) is 58.6 Å². The molecule has 0 aliphatic heterocycles. The van der Waals surface area contributed by atoms with Crippen LogP contribution in [-0.4, -0.2) is 25.0 Å². The van der Waals surface area contributed by atoms with Crippen molar-refractivity contribution < 1.29 is 14.3 Å². The van der Waals surface area contributed by atoms with E-state index in [0.29, 0.717) is 11.4 Å². The van der Waals surface area contributed by atoms with Crippen molar-refractivity contribution in [1.82, 2.24) is 5.32 Å². The van der Waals surface area contributed by atoms with Gasteiger partial charge in [0.05, 0.1) is 13.5 Å². The van der Waals surface area contributed by atoms with E-state index in [1.54, 1.807) is 23.3 Å². The molecule has 5 nitrogen and oxygen atoms in total. The van der Waals surface area contributed by atoms with Crippen LogP contribution in [0.25, 0.3) is 0 Å². The molecular formula is C27H30N2O3S. The third kappa shape index (κ3) is 5.82. The number of methoxy groups -OCH3 is 1. The zero-order chi connectivity index (χ0) is 23.0. The number of benzene rings is 2. The van der Waals surface area contributed by atoms with Crippen LogP contribution in [0.3, 0.4) is 0 Å². The van der Waals surface area contributed by atoms with E-state index in [4.69, 9.17) is 4.74 Å². The molecule has 0 unspecified atom stereocenters. The number of amides is 2. The van der Waals surface area contributed by atoms with Gasteiger partial charge in [-0.2, -0.15) is 0 Å². The highest BCUT2D eigenvalue weighted by molar-refractivity contribution is 7.10. The number of nitrogens with zero attached hydrogens (tertiary/aromatic N) is 1. The molecule has 0 bridgehead atoms. The number of rotatable bonds is 8. The molecule has 1 aromatic heterocycles. The molecule has 172 valence electrons. The lowest BCUT2D eigenvalue weighted by molar-refractivity contribution is -0.127. The first-order valence-corrected chi connectivity index (χ1v) is 12.4. The highest BCUT2D eigenvalue weighted by atomic mass is 32.1. The Morgan fingerprint density at radius 3 is 2.36 bits per heavy atom. The van der Waals surface area contributed by atoms with Crippen molar-refractivity contribution in [3.63, 3.8) is 0 Å². The minimum atomic E-state index is -0.771. The Kier molecular flexibility index (Phi) is 7.79. The molecule has 0 spiro atoms. The Hall–Kier alpha value is -3.12. The van der Waals surface area contributed by atoms with Crippen LogP contribution in [0.1, 0.15) is 48.6 Å². The molecule has 0 radical (unpaired) electrons. The molecule has 1 atom stereocenters. The van der Waals surface area contributed by atoms with Crippen LogP contribution < -0.4 is 15.0 Å². The zero-order valence-electron chi connectivity index (χ0n) is 18.9. The summed E-state index contributed by atoms with van der Waals surface area (Å²) in [6.07, 6.45) is 5.67. The van der Waals surface area contributed by atoms with Gasteiger partial charge in [0.15, 0.2) is 0 Å². The van der Waals surface area contributed by atoms with Crippen LogP contribution in [0.5, 0.6) is 5.75 Å². The maximum atomic E-state index is 13.8.